The summed E-state index contributed by atoms with van der Waals surface area (Å²) in [6.45, 7) is 5.80. The molecule has 1 aliphatic heterocycles. The Labute approximate surface area is 76.3 Å². The molecule has 0 aromatic carbocycles. The molecule has 0 saturated carbocycles. The van der Waals surface area contributed by atoms with Crippen LogP contribution in [0.3, 0.4) is 0 Å². The van der Waals surface area contributed by atoms with Gasteiger partial charge in [0.1, 0.15) is 0 Å². The fourth-order valence-electron chi connectivity index (χ4n) is 1.68. The van der Waals surface area contributed by atoms with Gasteiger partial charge in [0.15, 0.2) is 0 Å². The van der Waals surface area contributed by atoms with E-state index >= 15 is 0 Å². The van der Waals surface area contributed by atoms with Crippen LogP contribution in [0.4, 0.5) is 0 Å². The van der Waals surface area contributed by atoms with Gasteiger partial charge in [-0.2, -0.15) is 0 Å². The number of rotatable bonds is 3. The molecule has 2 nitrogen and oxygen atoms in total. The molecule has 0 aromatic rings. The molecule has 0 aliphatic carbocycles. The molecule has 12 heavy (non-hydrogen) atoms. The first-order chi connectivity index (χ1) is 5.62. The summed E-state index contributed by atoms with van der Waals surface area (Å²) in [6, 6.07) is 0. The topological polar surface area (TPSA) is 17.3 Å². The van der Waals surface area contributed by atoms with E-state index in [4.69, 9.17) is 0 Å². The second-order valence-electron chi connectivity index (χ2n) is 4.53. The molecule has 1 radical (unpaired) electrons. The van der Waals surface area contributed by atoms with E-state index in [1.54, 1.807) is 0 Å². The lowest BCUT2D eigenvalue weighted by Crippen LogP contribution is -2.33. The van der Waals surface area contributed by atoms with Crippen LogP contribution in [0, 0.1) is 5.41 Å². The Bertz CT molecular complexity index is 126. The number of piperidine rings is 1. The van der Waals surface area contributed by atoms with E-state index < -0.39 is 0 Å². The van der Waals surface area contributed by atoms with Gasteiger partial charge in [0.25, 0.3) is 0 Å². The van der Waals surface area contributed by atoms with Gasteiger partial charge >= 0.3 is 0 Å². The molecular formula is C10H21N2. The molecule has 71 valence electrons. The third kappa shape index (κ3) is 3.11. The summed E-state index contributed by atoms with van der Waals surface area (Å²) in [5.41, 5.74) is 0.575. The normalized spacial score (nSPS) is 23.0. The monoisotopic (exact) mass is 169 g/mol. The quantitative estimate of drug-likeness (QED) is 0.623. The maximum absolute atomic E-state index is 4.39. The lowest BCUT2D eigenvalue weighted by Gasteiger charge is -2.34. The second-order valence-corrected chi connectivity index (χ2v) is 4.53. The minimum absolute atomic E-state index is 0.575. The van der Waals surface area contributed by atoms with Gasteiger partial charge in [-0.25, -0.2) is 5.32 Å². The van der Waals surface area contributed by atoms with Crippen LogP contribution in [0.15, 0.2) is 0 Å². The Morgan fingerprint density at radius 3 is 2.33 bits per heavy atom. The zero-order valence-electron chi connectivity index (χ0n) is 8.64. The van der Waals surface area contributed by atoms with Crippen molar-refractivity contribution in [3.63, 3.8) is 0 Å². The Hall–Kier alpha value is -0.0800. The molecule has 0 spiro atoms. The first-order valence-corrected chi connectivity index (χ1v) is 4.90. The van der Waals surface area contributed by atoms with Gasteiger partial charge in [-0.15, -0.1) is 0 Å². The van der Waals surface area contributed by atoms with Gasteiger partial charge in [-0.3, -0.25) is 0 Å². The SMILES string of the molecule is CN(C)CCC1(C)CC[N]CC1. The first-order valence-electron chi connectivity index (χ1n) is 4.90. The number of nitrogens with zero attached hydrogens (tertiary/aromatic N) is 2. The van der Waals surface area contributed by atoms with Crippen molar-refractivity contribution in [2.45, 2.75) is 26.2 Å². The molecule has 0 N–H and O–H groups in total. The van der Waals surface area contributed by atoms with Crippen LogP contribution in [0.2, 0.25) is 0 Å². The molecule has 0 aromatic heterocycles. The summed E-state index contributed by atoms with van der Waals surface area (Å²) in [7, 11) is 4.30. The van der Waals surface area contributed by atoms with Gasteiger partial charge in [0, 0.05) is 13.1 Å². The van der Waals surface area contributed by atoms with Crippen molar-refractivity contribution in [3.8, 4) is 0 Å². The van der Waals surface area contributed by atoms with E-state index in [2.05, 4.69) is 31.2 Å². The summed E-state index contributed by atoms with van der Waals surface area (Å²) in [5.74, 6) is 0. The zero-order chi connectivity index (χ0) is 9.03. The van der Waals surface area contributed by atoms with E-state index in [9.17, 15) is 0 Å². The van der Waals surface area contributed by atoms with Crippen LogP contribution in [0.25, 0.3) is 0 Å². The maximum Gasteiger partial charge on any atom is 0.0138 e. The van der Waals surface area contributed by atoms with E-state index in [1.807, 2.05) is 0 Å². The molecule has 0 unspecified atom stereocenters. The van der Waals surface area contributed by atoms with Crippen molar-refractivity contribution >= 4 is 0 Å². The predicted octanol–water partition coefficient (Wildman–Crippen LogP) is 1.34. The fourth-order valence-corrected chi connectivity index (χ4v) is 1.68. The fraction of sp³-hybridized carbons (Fsp3) is 1.00. The van der Waals surface area contributed by atoms with Gasteiger partial charge in [0.05, 0.1) is 0 Å². The molecule has 2 heteroatoms. The minimum atomic E-state index is 0.575. The number of hydrogen-bond donors (Lipinski definition) is 0. The summed E-state index contributed by atoms with van der Waals surface area (Å²) in [6.07, 6.45) is 3.91. The summed E-state index contributed by atoms with van der Waals surface area (Å²) in [4.78, 5) is 2.27. The molecular weight excluding hydrogens is 148 g/mol. The van der Waals surface area contributed by atoms with Crippen LogP contribution < -0.4 is 5.32 Å². The van der Waals surface area contributed by atoms with Gasteiger partial charge in [-0.1, -0.05) is 6.92 Å². The molecule has 1 heterocycles. The van der Waals surface area contributed by atoms with Gasteiger partial charge in [0.2, 0.25) is 0 Å². The largest absolute Gasteiger partial charge is 0.309 e. The zero-order valence-corrected chi connectivity index (χ0v) is 8.64. The summed E-state index contributed by atoms with van der Waals surface area (Å²) in [5, 5.41) is 4.39. The van der Waals surface area contributed by atoms with E-state index in [-0.39, 0.29) is 0 Å². The van der Waals surface area contributed by atoms with Crippen LogP contribution in [-0.2, 0) is 0 Å². The molecule has 1 aliphatic rings. The van der Waals surface area contributed by atoms with Gasteiger partial charge in [-0.05, 0) is 45.3 Å². The predicted molar refractivity (Wildman–Crippen MR) is 52.4 cm³/mol. The van der Waals surface area contributed by atoms with E-state index in [0.717, 1.165) is 13.1 Å². The van der Waals surface area contributed by atoms with Crippen molar-refractivity contribution < 1.29 is 0 Å². The average Bonchev–Trinajstić information content (AvgIpc) is 2.03. The molecule has 0 amide bonds. The highest BCUT2D eigenvalue weighted by Crippen LogP contribution is 2.31. The molecule has 1 rings (SSSR count). The van der Waals surface area contributed by atoms with E-state index in [0.29, 0.717) is 5.41 Å². The Balaban J connectivity index is 2.26. The summed E-state index contributed by atoms with van der Waals surface area (Å²) >= 11 is 0. The third-order valence-electron chi connectivity index (χ3n) is 2.91. The average molecular weight is 169 g/mol. The molecule has 1 fully saturated rings. The van der Waals surface area contributed by atoms with Crippen LogP contribution in [-0.4, -0.2) is 38.6 Å². The van der Waals surface area contributed by atoms with Crippen molar-refractivity contribution in [2.24, 2.45) is 5.41 Å². The minimum Gasteiger partial charge on any atom is -0.309 e. The second kappa shape index (κ2) is 4.24. The standard InChI is InChI=1S/C10H21N2/c1-10(6-9-12(2)3)4-7-11-8-5-10/h4-9H2,1-3H3. The van der Waals surface area contributed by atoms with Crippen molar-refractivity contribution in [2.75, 3.05) is 33.7 Å². The van der Waals surface area contributed by atoms with Crippen molar-refractivity contribution in [3.05, 3.63) is 0 Å². The Morgan fingerprint density at radius 1 is 1.25 bits per heavy atom. The van der Waals surface area contributed by atoms with Gasteiger partial charge < -0.3 is 4.90 Å². The Kier molecular flexibility index (Phi) is 3.53. The highest BCUT2D eigenvalue weighted by molar-refractivity contribution is 4.80. The lowest BCUT2D eigenvalue weighted by atomic mass is 9.78. The maximum atomic E-state index is 4.39. The molecule has 0 bridgehead atoms. The van der Waals surface area contributed by atoms with Crippen molar-refractivity contribution in [1.29, 1.82) is 0 Å². The molecule has 1 saturated heterocycles. The summed E-state index contributed by atoms with van der Waals surface area (Å²) < 4.78 is 0. The highest BCUT2D eigenvalue weighted by atomic mass is 15.0. The van der Waals surface area contributed by atoms with Crippen LogP contribution in [0.5, 0.6) is 0 Å². The lowest BCUT2D eigenvalue weighted by molar-refractivity contribution is 0.186. The highest BCUT2D eigenvalue weighted by Gasteiger charge is 2.26. The smallest absolute Gasteiger partial charge is 0.0138 e. The first kappa shape index (κ1) is 10.0. The third-order valence-corrected chi connectivity index (χ3v) is 2.91. The van der Waals surface area contributed by atoms with Crippen molar-refractivity contribution in [1.82, 2.24) is 10.2 Å². The van der Waals surface area contributed by atoms with Crippen LogP contribution >= 0.6 is 0 Å². The Morgan fingerprint density at radius 2 is 1.83 bits per heavy atom. The molecule has 0 atom stereocenters. The van der Waals surface area contributed by atoms with E-state index in [1.165, 1.54) is 25.8 Å². The van der Waals surface area contributed by atoms with Crippen LogP contribution in [0.1, 0.15) is 26.2 Å². The number of hydrogen-bond acceptors (Lipinski definition) is 1.